The first-order chi connectivity index (χ1) is 16.4. The average molecular weight is 465 g/mol. The summed E-state index contributed by atoms with van der Waals surface area (Å²) in [4.78, 5) is 39.3. The molecule has 0 spiro atoms. The molecule has 180 valence electrons. The SMILES string of the molecule is CCC(C)C(NC(=O)OCC1c2ccccc2-c2ccccc21)C(=O)N1CCCC[C@@H]1C(=O)O. The average Bonchev–Trinajstić information content (AvgIpc) is 3.18. The second-order valence-electron chi connectivity index (χ2n) is 9.21. The van der Waals surface area contributed by atoms with Crippen LogP contribution < -0.4 is 5.32 Å². The first-order valence-electron chi connectivity index (χ1n) is 12.1. The highest BCUT2D eigenvalue weighted by molar-refractivity contribution is 5.89. The Kier molecular flexibility index (Phi) is 7.20. The van der Waals surface area contributed by atoms with E-state index in [2.05, 4.69) is 29.6 Å². The molecule has 2 N–H and O–H groups in total. The Morgan fingerprint density at radius 3 is 2.26 bits per heavy atom. The number of hydrogen-bond acceptors (Lipinski definition) is 4. The van der Waals surface area contributed by atoms with E-state index in [1.165, 1.54) is 4.90 Å². The van der Waals surface area contributed by atoms with Gasteiger partial charge in [0.15, 0.2) is 0 Å². The lowest BCUT2D eigenvalue weighted by Gasteiger charge is -2.36. The molecule has 0 saturated carbocycles. The van der Waals surface area contributed by atoms with Crippen LogP contribution in [0.4, 0.5) is 4.79 Å². The minimum atomic E-state index is -1.00. The lowest BCUT2D eigenvalue weighted by atomic mass is 9.95. The number of hydrogen-bond donors (Lipinski definition) is 2. The number of carboxylic acid groups (broad SMARTS) is 1. The molecule has 2 aromatic rings. The molecule has 1 fully saturated rings. The maximum atomic E-state index is 13.3. The maximum Gasteiger partial charge on any atom is 0.407 e. The molecule has 1 saturated heterocycles. The maximum absolute atomic E-state index is 13.3. The van der Waals surface area contributed by atoms with E-state index in [9.17, 15) is 19.5 Å². The number of amides is 2. The van der Waals surface area contributed by atoms with Crippen LogP contribution in [0.2, 0.25) is 0 Å². The van der Waals surface area contributed by atoms with Gasteiger partial charge in [-0.15, -0.1) is 0 Å². The first-order valence-corrected chi connectivity index (χ1v) is 12.1. The molecule has 34 heavy (non-hydrogen) atoms. The number of carbonyl (C=O) groups is 3. The molecule has 4 rings (SSSR count). The van der Waals surface area contributed by atoms with Crippen LogP contribution in [0.5, 0.6) is 0 Å². The zero-order chi connectivity index (χ0) is 24.2. The molecule has 2 amide bonds. The van der Waals surface area contributed by atoms with Crippen molar-refractivity contribution in [1.82, 2.24) is 10.2 Å². The topological polar surface area (TPSA) is 95.9 Å². The summed E-state index contributed by atoms with van der Waals surface area (Å²) in [6, 6.07) is 14.5. The minimum absolute atomic E-state index is 0.0746. The van der Waals surface area contributed by atoms with Crippen molar-refractivity contribution in [3.63, 3.8) is 0 Å². The predicted octanol–water partition coefficient (Wildman–Crippen LogP) is 4.41. The summed E-state index contributed by atoms with van der Waals surface area (Å²) >= 11 is 0. The molecule has 1 aliphatic heterocycles. The molecule has 2 unspecified atom stereocenters. The number of carbonyl (C=O) groups excluding carboxylic acids is 2. The number of nitrogens with zero attached hydrogens (tertiary/aromatic N) is 1. The van der Waals surface area contributed by atoms with Crippen LogP contribution in [0, 0.1) is 5.92 Å². The van der Waals surface area contributed by atoms with E-state index in [1.807, 2.05) is 38.1 Å². The Morgan fingerprint density at radius 2 is 1.68 bits per heavy atom. The normalized spacial score (nSPS) is 19.0. The van der Waals surface area contributed by atoms with Crippen molar-refractivity contribution in [3.8, 4) is 11.1 Å². The monoisotopic (exact) mass is 464 g/mol. The van der Waals surface area contributed by atoms with E-state index in [1.54, 1.807) is 0 Å². The van der Waals surface area contributed by atoms with Gasteiger partial charge in [0.05, 0.1) is 0 Å². The Balaban J connectivity index is 1.46. The van der Waals surface area contributed by atoms with E-state index in [0.717, 1.165) is 35.1 Å². The molecule has 0 bridgehead atoms. The van der Waals surface area contributed by atoms with E-state index >= 15 is 0 Å². The highest BCUT2D eigenvalue weighted by atomic mass is 16.5. The molecule has 0 aromatic heterocycles. The van der Waals surface area contributed by atoms with Gasteiger partial charge in [-0.2, -0.15) is 0 Å². The zero-order valence-corrected chi connectivity index (χ0v) is 19.7. The minimum Gasteiger partial charge on any atom is -0.480 e. The Morgan fingerprint density at radius 1 is 1.06 bits per heavy atom. The Labute approximate surface area is 200 Å². The van der Waals surface area contributed by atoms with Gasteiger partial charge in [-0.25, -0.2) is 9.59 Å². The number of carboxylic acids is 1. The van der Waals surface area contributed by atoms with Crippen LogP contribution in [0.3, 0.4) is 0 Å². The van der Waals surface area contributed by atoms with Crippen molar-refractivity contribution < 1.29 is 24.2 Å². The number of likely N-dealkylation sites (tertiary alicyclic amines) is 1. The van der Waals surface area contributed by atoms with Gasteiger partial charge in [0.2, 0.25) is 5.91 Å². The number of fused-ring (bicyclic) bond motifs is 3. The summed E-state index contributed by atoms with van der Waals surface area (Å²) in [6.07, 6.45) is 1.96. The largest absolute Gasteiger partial charge is 0.480 e. The van der Waals surface area contributed by atoms with Crippen molar-refractivity contribution in [2.45, 2.75) is 57.5 Å². The third-order valence-corrected chi connectivity index (χ3v) is 7.17. The number of ether oxygens (including phenoxy) is 1. The molecule has 7 nitrogen and oxygen atoms in total. The summed E-state index contributed by atoms with van der Waals surface area (Å²) in [5.41, 5.74) is 4.52. The molecule has 2 aromatic carbocycles. The van der Waals surface area contributed by atoms with Crippen LogP contribution in [0.25, 0.3) is 11.1 Å². The lowest BCUT2D eigenvalue weighted by molar-refractivity contribution is -0.153. The molecule has 0 radical (unpaired) electrons. The Bertz CT molecular complexity index is 1020. The van der Waals surface area contributed by atoms with Gasteiger partial charge < -0.3 is 20.1 Å². The van der Waals surface area contributed by atoms with Gasteiger partial charge >= 0.3 is 12.1 Å². The van der Waals surface area contributed by atoms with Crippen molar-refractivity contribution in [3.05, 3.63) is 59.7 Å². The second-order valence-corrected chi connectivity index (χ2v) is 9.21. The predicted molar refractivity (Wildman–Crippen MR) is 128 cm³/mol. The van der Waals surface area contributed by atoms with Crippen molar-refractivity contribution >= 4 is 18.0 Å². The number of rotatable bonds is 7. The number of aliphatic carboxylic acids is 1. The van der Waals surface area contributed by atoms with Crippen LogP contribution in [0.1, 0.15) is 56.6 Å². The summed E-state index contributed by atoms with van der Waals surface area (Å²) in [6.45, 7) is 4.36. The highest BCUT2D eigenvalue weighted by Gasteiger charge is 2.38. The van der Waals surface area contributed by atoms with Crippen molar-refractivity contribution in [2.75, 3.05) is 13.2 Å². The fourth-order valence-electron chi connectivity index (χ4n) is 5.08. The number of piperidine rings is 1. The zero-order valence-electron chi connectivity index (χ0n) is 19.7. The Hall–Kier alpha value is -3.35. The van der Waals surface area contributed by atoms with Crippen molar-refractivity contribution in [2.24, 2.45) is 5.92 Å². The molecule has 7 heteroatoms. The van der Waals surface area contributed by atoms with Crippen LogP contribution in [-0.4, -0.2) is 53.2 Å². The number of alkyl carbamates (subject to hydrolysis) is 1. The van der Waals surface area contributed by atoms with Crippen LogP contribution >= 0.6 is 0 Å². The molecular formula is C27H32N2O5. The van der Waals surface area contributed by atoms with E-state index < -0.39 is 24.1 Å². The van der Waals surface area contributed by atoms with Gasteiger partial charge in [-0.3, -0.25) is 4.79 Å². The summed E-state index contributed by atoms with van der Waals surface area (Å²) in [7, 11) is 0. The van der Waals surface area contributed by atoms with E-state index in [4.69, 9.17) is 4.74 Å². The van der Waals surface area contributed by atoms with Gasteiger partial charge in [-0.1, -0.05) is 68.8 Å². The summed E-state index contributed by atoms with van der Waals surface area (Å²) < 4.78 is 5.64. The quantitative estimate of drug-likeness (QED) is 0.633. The third kappa shape index (κ3) is 4.65. The van der Waals surface area contributed by atoms with Crippen LogP contribution in [0.15, 0.2) is 48.5 Å². The number of benzene rings is 2. The smallest absolute Gasteiger partial charge is 0.407 e. The van der Waals surface area contributed by atoms with Gasteiger partial charge in [-0.05, 0) is 47.4 Å². The lowest BCUT2D eigenvalue weighted by Crippen LogP contribution is -2.57. The fourth-order valence-corrected chi connectivity index (χ4v) is 5.08. The van der Waals surface area contributed by atoms with Gasteiger partial charge in [0.25, 0.3) is 0 Å². The second kappa shape index (κ2) is 10.3. The van der Waals surface area contributed by atoms with Crippen LogP contribution in [-0.2, 0) is 14.3 Å². The first kappa shape index (κ1) is 23.8. The van der Waals surface area contributed by atoms with Gasteiger partial charge in [0.1, 0.15) is 18.7 Å². The standard InChI is InChI=1S/C27H32N2O5/c1-3-17(2)24(25(30)29-15-9-8-14-23(29)26(31)32)28-27(33)34-16-22-20-12-6-4-10-18(20)19-11-5-7-13-21(19)22/h4-7,10-13,17,22-24H,3,8-9,14-16H2,1-2H3,(H,28,33)(H,31,32)/t17?,23-,24?/m1/s1. The fraction of sp³-hybridized carbons (Fsp3) is 0.444. The number of nitrogens with one attached hydrogen (secondary N) is 1. The molecule has 2 aliphatic rings. The highest BCUT2D eigenvalue weighted by Crippen LogP contribution is 2.44. The molecule has 1 heterocycles. The summed E-state index contributed by atoms with van der Waals surface area (Å²) in [5, 5.41) is 12.3. The van der Waals surface area contributed by atoms with Gasteiger partial charge in [0, 0.05) is 12.5 Å². The molecular weight excluding hydrogens is 432 g/mol. The third-order valence-electron chi connectivity index (χ3n) is 7.17. The molecule has 3 atom stereocenters. The van der Waals surface area contributed by atoms with E-state index in [0.29, 0.717) is 19.4 Å². The van der Waals surface area contributed by atoms with E-state index in [-0.39, 0.29) is 24.3 Å². The molecule has 1 aliphatic carbocycles. The summed E-state index contributed by atoms with van der Waals surface area (Å²) in [5.74, 6) is -1.59. The van der Waals surface area contributed by atoms with Crippen molar-refractivity contribution in [1.29, 1.82) is 0 Å².